The molecule has 0 aromatic carbocycles. The summed E-state index contributed by atoms with van der Waals surface area (Å²) in [7, 11) is 0. The fourth-order valence-electron chi connectivity index (χ4n) is 0.852. The van der Waals surface area contributed by atoms with Crippen LogP contribution in [0.5, 0.6) is 0 Å². The number of hydrogen-bond acceptors (Lipinski definition) is 6. The average molecular weight is 232 g/mol. The topological polar surface area (TPSA) is 80.9 Å². The van der Waals surface area contributed by atoms with Crippen molar-refractivity contribution >= 4 is 29.2 Å². The lowest BCUT2D eigenvalue weighted by Gasteiger charge is -2.07. The zero-order chi connectivity index (χ0) is 10.4. The van der Waals surface area contributed by atoms with Gasteiger partial charge in [0.15, 0.2) is 4.34 Å². The number of thioether (sulfide) groups is 1. The molecule has 0 radical (unpaired) electrons. The van der Waals surface area contributed by atoms with Crippen LogP contribution in [0.1, 0.15) is 19.8 Å². The molecule has 1 atom stereocenters. The van der Waals surface area contributed by atoms with Gasteiger partial charge in [0.05, 0.1) is 0 Å². The highest BCUT2D eigenvalue weighted by Gasteiger charge is 2.08. The first-order valence-corrected chi connectivity index (χ1v) is 5.80. The van der Waals surface area contributed by atoms with Gasteiger partial charge < -0.3 is 0 Å². The Morgan fingerprint density at radius 2 is 2.64 bits per heavy atom. The molecule has 1 aromatic heterocycles. The number of aromatic nitrogens is 2. The summed E-state index contributed by atoms with van der Waals surface area (Å²) in [6, 6.07) is 0. The molecule has 78 valence electrons. The van der Waals surface area contributed by atoms with Gasteiger partial charge in [0.2, 0.25) is 5.91 Å². The second kappa shape index (κ2) is 5.94. The summed E-state index contributed by atoms with van der Waals surface area (Å²) in [5, 5.41) is 0.347. The lowest BCUT2D eigenvalue weighted by molar-refractivity contribution is -0.121. The number of rotatable bonds is 5. The number of hydrazine groups is 1. The molecule has 1 rings (SSSR count). The minimum Gasteiger partial charge on any atom is -0.294 e. The maximum atomic E-state index is 10.8. The summed E-state index contributed by atoms with van der Waals surface area (Å²) in [4.78, 5) is 14.9. The third kappa shape index (κ3) is 4.03. The number of nitrogens with one attached hydrogen (secondary N) is 1. The Hall–Kier alpha value is -0.660. The largest absolute Gasteiger partial charge is 0.294 e. The number of carbonyl (C=O) groups is 1. The van der Waals surface area contributed by atoms with Gasteiger partial charge in [0.25, 0.3) is 0 Å². The molecule has 1 heterocycles. The van der Waals surface area contributed by atoms with Gasteiger partial charge >= 0.3 is 0 Å². The van der Waals surface area contributed by atoms with Crippen LogP contribution in [-0.4, -0.2) is 20.5 Å². The Labute approximate surface area is 90.6 Å². The molecule has 0 aliphatic carbocycles. The Morgan fingerprint density at radius 1 is 1.86 bits per heavy atom. The molecule has 0 spiro atoms. The van der Waals surface area contributed by atoms with Crippen molar-refractivity contribution in [2.24, 2.45) is 5.84 Å². The monoisotopic (exact) mass is 232 g/mol. The molecular formula is C7H12N4OS2. The summed E-state index contributed by atoms with van der Waals surface area (Å²) in [6.45, 7) is 2.05. The van der Waals surface area contributed by atoms with Gasteiger partial charge in [-0.2, -0.15) is 4.37 Å². The van der Waals surface area contributed by atoms with Gasteiger partial charge in [-0.1, -0.05) is 18.7 Å². The molecule has 14 heavy (non-hydrogen) atoms. The molecule has 0 saturated heterocycles. The zero-order valence-electron chi connectivity index (χ0n) is 7.77. The van der Waals surface area contributed by atoms with Crippen molar-refractivity contribution in [2.45, 2.75) is 29.4 Å². The van der Waals surface area contributed by atoms with Crippen LogP contribution in [0.25, 0.3) is 0 Å². The average Bonchev–Trinajstić information content (AvgIpc) is 2.66. The first kappa shape index (κ1) is 11.4. The predicted octanol–water partition coefficient (Wildman–Crippen LogP) is 0.789. The van der Waals surface area contributed by atoms with E-state index in [9.17, 15) is 4.79 Å². The smallest absolute Gasteiger partial charge is 0.233 e. The predicted molar refractivity (Wildman–Crippen MR) is 56.8 cm³/mol. The Balaban J connectivity index is 2.22. The van der Waals surface area contributed by atoms with Crippen LogP contribution in [0.2, 0.25) is 0 Å². The lowest BCUT2D eigenvalue weighted by atomic mass is 10.2. The Kier molecular flexibility index (Phi) is 4.85. The van der Waals surface area contributed by atoms with Crippen LogP contribution < -0.4 is 11.3 Å². The highest BCUT2D eigenvalue weighted by atomic mass is 32.2. The summed E-state index contributed by atoms with van der Waals surface area (Å²) < 4.78 is 4.83. The minimum atomic E-state index is -0.130. The first-order valence-electron chi connectivity index (χ1n) is 4.15. The van der Waals surface area contributed by atoms with Gasteiger partial charge in [-0.3, -0.25) is 10.2 Å². The van der Waals surface area contributed by atoms with E-state index in [1.807, 2.05) is 0 Å². The third-order valence-electron chi connectivity index (χ3n) is 1.58. The number of hydrogen-bond donors (Lipinski definition) is 2. The molecule has 1 amide bonds. The quantitative estimate of drug-likeness (QED) is 0.339. The van der Waals surface area contributed by atoms with E-state index >= 15 is 0 Å². The van der Waals surface area contributed by atoms with Crippen LogP contribution in [0, 0.1) is 0 Å². The molecule has 1 unspecified atom stereocenters. The van der Waals surface area contributed by atoms with Crippen LogP contribution >= 0.6 is 23.3 Å². The molecule has 5 nitrogen and oxygen atoms in total. The normalized spacial score (nSPS) is 12.4. The Bertz CT molecular complexity index is 277. The minimum absolute atomic E-state index is 0.130. The van der Waals surface area contributed by atoms with Gasteiger partial charge in [0.1, 0.15) is 6.33 Å². The van der Waals surface area contributed by atoms with E-state index in [2.05, 4.69) is 21.7 Å². The third-order valence-corrected chi connectivity index (χ3v) is 3.50. The van der Waals surface area contributed by atoms with E-state index in [0.717, 1.165) is 10.8 Å². The summed E-state index contributed by atoms with van der Waals surface area (Å²) >= 11 is 2.99. The number of carbonyl (C=O) groups excluding carboxylic acids is 1. The lowest BCUT2D eigenvalue weighted by Crippen LogP contribution is -2.30. The number of nitrogens with two attached hydrogens (primary N) is 1. The summed E-state index contributed by atoms with van der Waals surface area (Å²) in [5.74, 6) is 4.84. The van der Waals surface area contributed by atoms with Crippen molar-refractivity contribution in [2.75, 3.05) is 0 Å². The van der Waals surface area contributed by atoms with Crippen LogP contribution in [-0.2, 0) is 4.79 Å². The van der Waals surface area contributed by atoms with Gasteiger partial charge in [-0.25, -0.2) is 10.8 Å². The van der Waals surface area contributed by atoms with E-state index in [-0.39, 0.29) is 5.91 Å². The number of amides is 1. The first-order chi connectivity index (χ1) is 6.72. The molecule has 7 heteroatoms. The maximum absolute atomic E-state index is 10.8. The van der Waals surface area contributed by atoms with Crippen LogP contribution in [0.4, 0.5) is 0 Å². The van der Waals surface area contributed by atoms with E-state index in [4.69, 9.17) is 5.84 Å². The van der Waals surface area contributed by atoms with Crippen LogP contribution in [0.15, 0.2) is 10.7 Å². The van der Waals surface area contributed by atoms with Crippen molar-refractivity contribution < 1.29 is 4.79 Å². The van der Waals surface area contributed by atoms with Crippen molar-refractivity contribution in [1.29, 1.82) is 0 Å². The fraction of sp³-hybridized carbons (Fsp3) is 0.571. The van der Waals surface area contributed by atoms with E-state index < -0.39 is 0 Å². The zero-order valence-corrected chi connectivity index (χ0v) is 9.40. The number of nitrogens with zero attached hydrogens (tertiary/aromatic N) is 2. The standard InChI is InChI=1S/C7H12N4OS2/c1-5(2-3-6(12)11-8)13-7-9-4-10-14-7/h4-5H,2-3,8H2,1H3,(H,11,12). The van der Waals surface area contributed by atoms with Gasteiger partial charge in [0, 0.05) is 11.7 Å². The van der Waals surface area contributed by atoms with E-state index in [1.165, 1.54) is 17.9 Å². The second-order valence-electron chi connectivity index (χ2n) is 2.74. The SMILES string of the molecule is CC(CCC(=O)NN)Sc1ncns1. The summed E-state index contributed by atoms with van der Waals surface area (Å²) in [6.07, 6.45) is 2.77. The van der Waals surface area contributed by atoms with E-state index in [0.29, 0.717) is 11.7 Å². The van der Waals surface area contributed by atoms with Crippen molar-refractivity contribution in [3.05, 3.63) is 6.33 Å². The molecule has 0 aliphatic rings. The molecule has 3 N–H and O–H groups in total. The molecular weight excluding hydrogens is 220 g/mol. The maximum Gasteiger partial charge on any atom is 0.233 e. The van der Waals surface area contributed by atoms with E-state index in [1.54, 1.807) is 11.8 Å². The highest BCUT2D eigenvalue weighted by molar-refractivity contribution is 8.01. The van der Waals surface area contributed by atoms with Crippen LogP contribution in [0.3, 0.4) is 0 Å². The summed E-state index contributed by atoms with van der Waals surface area (Å²) in [5.41, 5.74) is 2.11. The molecule has 0 aliphatic heterocycles. The molecule has 1 aromatic rings. The highest BCUT2D eigenvalue weighted by Crippen LogP contribution is 2.26. The second-order valence-corrected chi connectivity index (χ2v) is 5.21. The van der Waals surface area contributed by atoms with Crippen molar-refractivity contribution in [3.63, 3.8) is 0 Å². The molecule has 0 fully saturated rings. The molecule has 0 bridgehead atoms. The van der Waals surface area contributed by atoms with Gasteiger partial charge in [-0.15, -0.1) is 0 Å². The molecule has 0 saturated carbocycles. The fourth-order valence-corrected chi connectivity index (χ4v) is 2.61. The van der Waals surface area contributed by atoms with Crippen molar-refractivity contribution in [3.8, 4) is 0 Å². The van der Waals surface area contributed by atoms with Gasteiger partial charge in [-0.05, 0) is 18.0 Å². The Morgan fingerprint density at radius 3 is 3.21 bits per heavy atom. The van der Waals surface area contributed by atoms with Crippen molar-refractivity contribution in [1.82, 2.24) is 14.8 Å².